The molecule has 0 unspecified atom stereocenters. The summed E-state index contributed by atoms with van der Waals surface area (Å²) >= 11 is 1.43. The van der Waals surface area contributed by atoms with Crippen molar-refractivity contribution in [1.82, 2.24) is 15.0 Å². The van der Waals surface area contributed by atoms with Gasteiger partial charge in [0.2, 0.25) is 0 Å². The number of aromatic amines is 1. The molecule has 0 spiro atoms. The van der Waals surface area contributed by atoms with E-state index in [9.17, 15) is 9.59 Å². The van der Waals surface area contributed by atoms with Gasteiger partial charge in [-0.25, -0.2) is 14.8 Å². The molecule has 3 aromatic rings. The number of rotatable bonds is 4. The van der Waals surface area contributed by atoms with E-state index in [1.54, 1.807) is 6.92 Å². The average Bonchev–Trinajstić information content (AvgIpc) is 2.60. The molecule has 0 aliphatic carbocycles. The molecule has 0 saturated carbocycles. The first-order valence-electron chi connectivity index (χ1n) is 8.08. The number of thioether (sulfide) groups is 1. The Bertz CT molecular complexity index is 1060. The topological polar surface area (TPSA) is 84.9 Å². The van der Waals surface area contributed by atoms with Crippen LogP contribution in [0, 0.1) is 20.8 Å². The number of aryl methyl sites for hydroxylation is 3. The zero-order valence-corrected chi connectivity index (χ0v) is 15.9. The number of benzene rings is 1. The number of ether oxygens (including phenoxy) is 1. The van der Waals surface area contributed by atoms with Crippen LogP contribution < -0.4 is 5.56 Å². The number of H-pyrrole nitrogens is 1. The Hall–Kier alpha value is -2.67. The Morgan fingerprint density at radius 1 is 1.19 bits per heavy atom. The molecular formula is C19H19N3O3S. The zero-order chi connectivity index (χ0) is 18.8. The molecule has 7 heteroatoms. The Kier molecular flexibility index (Phi) is 5.08. The standard InChI is InChI=1S/C19H19N3O3S/c1-10-5-6-11(2)13(7-10)9-26-19-21-16-15(17(23)22-19)14(18(24)25-4)8-12(3)20-16/h5-8H,9H2,1-4H3,(H,20,21,22,23). The van der Waals surface area contributed by atoms with Crippen LogP contribution in [0.15, 0.2) is 34.2 Å². The highest BCUT2D eigenvalue weighted by Gasteiger charge is 2.17. The maximum atomic E-state index is 12.5. The lowest BCUT2D eigenvalue weighted by Crippen LogP contribution is -2.16. The third-order valence-corrected chi connectivity index (χ3v) is 4.98. The van der Waals surface area contributed by atoms with Crippen molar-refractivity contribution in [1.29, 1.82) is 0 Å². The Morgan fingerprint density at radius 2 is 1.96 bits per heavy atom. The summed E-state index contributed by atoms with van der Waals surface area (Å²) in [4.78, 5) is 36.0. The fourth-order valence-corrected chi connectivity index (χ4v) is 3.61. The van der Waals surface area contributed by atoms with Crippen LogP contribution in [0.3, 0.4) is 0 Å². The van der Waals surface area contributed by atoms with Crippen molar-refractivity contribution in [3.8, 4) is 0 Å². The van der Waals surface area contributed by atoms with Gasteiger partial charge in [0, 0.05) is 11.4 Å². The molecule has 1 aromatic carbocycles. The van der Waals surface area contributed by atoms with Crippen LogP contribution in [0.4, 0.5) is 0 Å². The molecule has 1 N–H and O–H groups in total. The van der Waals surface area contributed by atoms with Crippen LogP contribution in [0.1, 0.15) is 32.7 Å². The fourth-order valence-electron chi connectivity index (χ4n) is 2.69. The van der Waals surface area contributed by atoms with E-state index in [0.717, 1.165) is 0 Å². The van der Waals surface area contributed by atoms with E-state index in [0.29, 0.717) is 16.6 Å². The van der Waals surface area contributed by atoms with Gasteiger partial charge in [0.05, 0.1) is 18.1 Å². The van der Waals surface area contributed by atoms with Crippen molar-refractivity contribution < 1.29 is 9.53 Å². The van der Waals surface area contributed by atoms with Gasteiger partial charge in [-0.15, -0.1) is 0 Å². The van der Waals surface area contributed by atoms with E-state index < -0.39 is 11.5 Å². The van der Waals surface area contributed by atoms with Gasteiger partial charge in [-0.2, -0.15) is 0 Å². The van der Waals surface area contributed by atoms with Gasteiger partial charge in [-0.05, 0) is 38.0 Å². The van der Waals surface area contributed by atoms with Gasteiger partial charge in [0.15, 0.2) is 10.8 Å². The van der Waals surface area contributed by atoms with Crippen LogP contribution in [-0.4, -0.2) is 28.0 Å². The van der Waals surface area contributed by atoms with Crippen LogP contribution in [0.5, 0.6) is 0 Å². The van der Waals surface area contributed by atoms with Crippen molar-refractivity contribution in [2.75, 3.05) is 7.11 Å². The molecule has 0 amide bonds. The molecule has 0 radical (unpaired) electrons. The second kappa shape index (κ2) is 7.29. The molecule has 0 atom stereocenters. The number of hydrogen-bond acceptors (Lipinski definition) is 6. The predicted octanol–water partition coefficient (Wildman–Crippen LogP) is 3.32. The monoisotopic (exact) mass is 369 g/mol. The summed E-state index contributed by atoms with van der Waals surface area (Å²) in [6, 6.07) is 7.81. The number of esters is 1. The number of carbonyl (C=O) groups excluding carboxylic acids is 1. The van der Waals surface area contributed by atoms with E-state index in [4.69, 9.17) is 4.74 Å². The number of methoxy groups -OCH3 is 1. The summed E-state index contributed by atoms with van der Waals surface area (Å²) < 4.78 is 4.76. The van der Waals surface area contributed by atoms with Crippen LogP contribution in [-0.2, 0) is 10.5 Å². The molecule has 0 aliphatic rings. The zero-order valence-electron chi connectivity index (χ0n) is 15.0. The van der Waals surface area contributed by atoms with E-state index >= 15 is 0 Å². The van der Waals surface area contributed by atoms with Gasteiger partial charge in [-0.1, -0.05) is 35.5 Å². The maximum Gasteiger partial charge on any atom is 0.338 e. The van der Waals surface area contributed by atoms with Gasteiger partial charge in [0.1, 0.15) is 0 Å². The molecule has 0 bridgehead atoms. The van der Waals surface area contributed by atoms with Crippen LogP contribution in [0.2, 0.25) is 0 Å². The minimum absolute atomic E-state index is 0.151. The van der Waals surface area contributed by atoms with E-state index in [2.05, 4.69) is 40.1 Å². The van der Waals surface area contributed by atoms with E-state index in [1.807, 2.05) is 6.92 Å². The molecule has 134 valence electrons. The minimum Gasteiger partial charge on any atom is -0.465 e. The van der Waals surface area contributed by atoms with Crippen molar-refractivity contribution in [3.05, 3.63) is 62.6 Å². The summed E-state index contributed by atoms with van der Waals surface area (Å²) in [6.07, 6.45) is 0. The Morgan fingerprint density at radius 3 is 2.69 bits per heavy atom. The first-order valence-corrected chi connectivity index (χ1v) is 9.06. The highest BCUT2D eigenvalue weighted by atomic mass is 32.2. The second-order valence-corrected chi connectivity index (χ2v) is 7.06. The van der Waals surface area contributed by atoms with Crippen LogP contribution in [0.25, 0.3) is 11.0 Å². The number of fused-ring (bicyclic) bond motifs is 1. The summed E-state index contributed by atoms with van der Waals surface area (Å²) in [5.74, 6) is 0.0982. The first-order chi connectivity index (χ1) is 12.4. The van der Waals surface area contributed by atoms with E-state index in [1.165, 1.54) is 41.6 Å². The Labute approximate surface area is 155 Å². The number of nitrogens with one attached hydrogen (secondary N) is 1. The highest BCUT2D eigenvalue weighted by molar-refractivity contribution is 7.98. The molecule has 0 saturated heterocycles. The summed E-state index contributed by atoms with van der Waals surface area (Å²) in [7, 11) is 1.28. The van der Waals surface area contributed by atoms with Crippen molar-refractivity contribution in [2.45, 2.75) is 31.7 Å². The number of carbonyl (C=O) groups is 1. The molecule has 6 nitrogen and oxygen atoms in total. The number of aromatic nitrogens is 3. The molecule has 0 aliphatic heterocycles. The SMILES string of the molecule is COC(=O)c1cc(C)nc2nc(SCc3cc(C)ccc3C)[nH]c(=O)c12. The summed E-state index contributed by atoms with van der Waals surface area (Å²) in [5, 5.41) is 0.621. The quantitative estimate of drug-likeness (QED) is 0.431. The lowest BCUT2D eigenvalue weighted by molar-refractivity contribution is 0.0602. The number of nitrogens with zero attached hydrogens (tertiary/aromatic N) is 2. The number of pyridine rings is 1. The molecule has 0 fully saturated rings. The number of hydrogen-bond donors (Lipinski definition) is 1. The van der Waals surface area contributed by atoms with E-state index in [-0.39, 0.29) is 16.6 Å². The third kappa shape index (κ3) is 3.62. The van der Waals surface area contributed by atoms with Gasteiger partial charge in [0.25, 0.3) is 5.56 Å². The Balaban J connectivity index is 2.00. The maximum absolute atomic E-state index is 12.5. The van der Waals surface area contributed by atoms with Crippen LogP contribution >= 0.6 is 11.8 Å². The first kappa shape index (κ1) is 18.1. The van der Waals surface area contributed by atoms with Gasteiger partial charge < -0.3 is 9.72 Å². The lowest BCUT2D eigenvalue weighted by Gasteiger charge is -2.08. The third-order valence-electron chi connectivity index (χ3n) is 4.06. The largest absolute Gasteiger partial charge is 0.465 e. The molecule has 2 aromatic heterocycles. The van der Waals surface area contributed by atoms with Crippen molar-refractivity contribution >= 4 is 28.8 Å². The minimum atomic E-state index is -0.580. The fraction of sp³-hybridized carbons (Fsp3) is 0.263. The summed E-state index contributed by atoms with van der Waals surface area (Å²) in [6.45, 7) is 5.85. The molecule has 26 heavy (non-hydrogen) atoms. The predicted molar refractivity (Wildman–Crippen MR) is 102 cm³/mol. The molecule has 3 rings (SSSR count). The molecular weight excluding hydrogens is 350 g/mol. The molecule has 2 heterocycles. The lowest BCUT2D eigenvalue weighted by atomic mass is 10.1. The summed E-state index contributed by atoms with van der Waals surface area (Å²) in [5.41, 5.74) is 4.19. The smallest absolute Gasteiger partial charge is 0.338 e. The highest BCUT2D eigenvalue weighted by Crippen LogP contribution is 2.23. The normalized spacial score (nSPS) is 10.9. The van der Waals surface area contributed by atoms with Crippen molar-refractivity contribution in [3.63, 3.8) is 0 Å². The van der Waals surface area contributed by atoms with Crippen molar-refractivity contribution in [2.24, 2.45) is 0 Å². The van der Waals surface area contributed by atoms with Gasteiger partial charge in [-0.3, -0.25) is 4.79 Å². The second-order valence-electron chi connectivity index (χ2n) is 6.09. The van der Waals surface area contributed by atoms with Gasteiger partial charge >= 0.3 is 5.97 Å². The average molecular weight is 369 g/mol.